The molecule has 42 heavy (non-hydrogen) atoms. The van der Waals surface area contributed by atoms with Crippen LogP contribution in [-0.4, -0.2) is 48.6 Å². The summed E-state index contributed by atoms with van der Waals surface area (Å²) in [6, 6.07) is 16.6. The van der Waals surface area contributed by atoms with E-state index in [0.29, 0.717) is 35.4 Å². The highest BCUT2D eigenvalue weighted by molar-refractivity contribution is 6.13. The van der Waals surface area contributed by atoms with Crippen molar-refractivity contribution in [3.63, 3.8) is 0 Å². The van der Waals surface area contributed by atoms with Gasteiger partial charge < -0.3 is 25.0 Å². The highest BCUT2D eigenvalue weighted by atomic mass is 19.4. The quantitative estimate of drug-likeness (QED) is 0.413. The lowest BCUT2D eigenvalue weighted by Gasteiger charge is -2.27. The van der Waals surface area contributed by atoms with Crippen LogP contribution < -0.4 is 25.0 Å². The number of carbonyl (C=O) groups is 4. The summed E-state index contributed by atoms with van der Waals surface area (Å²) >= 11 is 0. The maximum absolute atomic E-state index is 13.8. The van der Waals surface area contributed by atoms with Crippen molar-refractivity contribution in [1.29, 1.82) is 0 Å². The average molecular weight is 582 g/mol. The first-order valence-electron chi connectivity index (χ1n) is 13.0. The summed E-state index contributed by atoms with van der Waals surface area (Å²) in [5.41, 5.74) is 0.155. The third-order valence-electron chi connectivity index (χ3n) is 7.14. The number of halogens is 3. The molecule has 0 saturated heterocycles. The Hall–Kier alpha value is -4.87. The van der Waals surface area contributed by atoms with E-state index in [4.69, 9.17) is 4.74 Å². The number of anilines is 1. The third-order valence-corrected chi connectivity index (χ3v) is 7.14. The topological polar surface area (TPSA) is 114 Å². The lowest BCUT2D eigenvalue weighted by molar-refractivity contribution is -0.274. The first-order chi connectivity index (χ1) is 20.0. The minimum Gasteiger partial charge on any atom is -0.497 e. The van der Waals surface area contributed by atoms with Gasteiger partial charge in [-0.25, -0.2) is 0 Å². The van der Waals surface area contributed by atoms with Crippen molar-refractivity contribution in [2.75, 3.05) is 12.0 Å². The second-order valence-electron chi connectivity index (χ2n) is 10.1. The van der Waals surface area contributed by atoms with Gasteiger partial charge in [0.2, 0.25) is 11.8 Å². The van der Waals surface area contributed by atoms with Gasteiger partial charge in [0.1, 0.15) is 23.1 Å². The molecule has 0 unspecified atom stereocenters. The fraction of sp³-hybridized carbons (Fsp3) is 0.267. The molecule has 1 aliphatic heterocycles. The number of benzene rings is 3. The van der Waals surface area contributed by atoms with Crippen LogP contribution in [0.1, 0.15) is 45.5 Å². The molecule has 1 saturated carbocycles. The van der Waals surface area contributed by atoms with E-state index in [1.165, 1.54) is 24.1 Å². The minimum atomic E-state index is -4.85. The number of ether oxygens (including phenoxy) is 2. The lowest BCUT2D eigenvalue weighted by Crippen LogP contribution is -2.55. The molecule has 12 heteroatoms. The van der Waals surface area contributed by atoms with Crippen LogP contribution in [0.15, 0.2) is 72.8 Å². The third kappa shape index (κ3) is 6.22. The number of carbonyl (C=O) groups excluding carboxylic acids is 4. The molecule has 1 atom stereocenters. The van der Waals surface area contributed by atoms with Crippen molar-refractivity contribution in [2.45, 2.75) is 43.8 Å². The molecule has 0 bridgehead atoms. The Morgan fingerprint density at radius 1 is 0.952 bits per heavy atom. The van der Waals surface area contributed by atoms with Gasteiger partial charge in [-0.15, -0.1) is 13.2 Å². The summed E-state index contributed by atoms with van der Waals surface area (Å²) in [5, 5.41) is 5.42. The molecule has 0 radical (unpaired) electrons. The first kappa shape index (κ1) is 28.7. The Balaban J connectivity index is 1.34. The Morgan fingerprint density at radius 3 is 2.21 bits per heavy atom. The summed E-state index contributed by atoms with van der Waals surface area (Å²) in [5.74, 6) is -1.85. The fourth-order valence-electron chi connectivity index (χ4n) is 4.75. The van der Waals surface area contributed by atoms with Crippen molar-refractivity contribution < 1.29 is 41.8 Å². The van der Waals surface area contributed by atoms with Gasteiger partial charge in [-0.2, -0.15) is 0 Å². The van der Waals surface area contributed by atoms with Crippen LogP contribution in [0.25, 0.3) is 0 Å². The number of para-hydroxylation sites is 1. The van der Waals surface area contributed by atoms with Gasteiger partial charge >= 0.3 is 6.36 Å². The number of ketones is 1. The van der Waals surface area contributed by atoms with E-state index < -0.39 is 41.4 Å². The number of amides is 3. The van der Waals surface area contributed by atoms with Crippen LogP contribution in [0.2, 0.25) is 0 Å². The zero-order valence-corrected chi connectivity index (χ0v) is 22.4. The number of nitrogens with one attached hydrogen (secondary N) is 2. The summed E-state index contributed by atoms with van der Waals surface area (Å²) < 4.78 is 46.7. The molecular formula is C30H26F3N3O6. The normalized spacial score (nSPS) is 17.5. The summed E-state index contributed by atoms with van der Waals surface area (Å²) in [6.45, 7) is -0.0822. The zero-order valence-electron chi connectivity index (χ0n) is 22.4. The maximum Gasteiger partial charge on any atom is 0.573 e. The molecule has 218 valence electrons. The molecule has 3 amide bonds. The van der Waals surface area contributed by atoms with Crippen LogP contribution in [-0.2, 0) is 16.1 Å². The van der Waals surface area contributed by atoms with E-state index in [0.717, 1.165) is 12.1 Å². The molecule has 0 spiro atoms. The second-order valence-corrected chi connectivity index (χ2v) is 10.1. The molecule has 3 aromatic rings. The Bertz CT molecular complexity index is 1520. The first-order valence-corrected chi connectivity index (χ1v) is 13.0. The van der Waals surface area contributed by atoms with Crippen LogP contribution in [0.3, 0.4) is 0 Å². The Kier molecular flexibility index (Phi) is 7.63. The predicted molar refractivity (Wildman–Crippen MR) is 144 cm³/mol. The van der Waals surface area contributed by atoms with Gasteiger partial charge in [-0.3, -0.25) is 19.2 Å². The highest BCUT2D eigenvalue weighted by Gasteiger charge is 2.52. The highest BCUT2D eigenvalue weighted by Crippen LogP contribution is 2.37. The number of fused-ring (bicyclic) bond motifs is 1. The zero-order chi connectivity index (χ0) is 30.1. The van der Waals surface area contributed by atoms with Crippen molar-refractivity contribution in [3.05, 3.63) is 89.5 Å². The van der Waals surface area contributed by atoms with E-state index in [-0.39, 0.29) is 24.3 Å². The second kappa shape index (κ2) is 11.2. The number of nitrogens with zero attached hydrogens (tertiary/aromatic N) is 1. The van der Waals surface area contributed by atoms with Gasteiger partial charge in [0, 0.05) is 17.5 Å². The summed E-state index contributed by atoms with van der Waals surface area (Å²) in [6.07, 6.45) is -4.45. The van der Waals surface area contributed by atoms with E-state index in [9.17, 15) is 32.3 Å². The molecule has 2 N–H and O–H groups in total. The molecule has 3 aromatic carbocycles. The molecule has 2 aliphatic rings. The summed E-state index contributed by atoms with van der Waals surface area (Å²) in [7, 11) is 1.50. The van der Waals surface area contributed by atoms with E-state index in [1.807, 2.05) is 0 Å². The number of rotatable bonds is 8. The van der Waals surface area contributed by atoms with Gasteiger partial charge in [0.05, 0.1) is 19.3 Å². The van der Waals surface area contributed by atoms with Crippen LogP contribution >= 0.6 is 0 Å². The standard InChI is InChI=1S/C30H26F3N3O6/c1-41-20-12-8-19(9-13-20)26(38)35-29(14-15-29)28(40)34-23-16-25(37)22-4-2-3-5-24(22)36(27(23)39)17-18-6-10-21(11-7-18)42-30(31,32)33/h2-13,23H,14-17H2,1H3,(H,34,40)(H,35,38)/t23-/m1/s1. The number of hydrogen-bond donors (Lipinski definition) is 2. The molecule has 1 heterocycles. The molecule has 1 fully saturated rings. The number of Topliss-reactive ketones (excluding diaryl/α,β-unsaturated/α-hetero) is 1. The van der Waals surface area contributed by atoms with Crippen LogP contribution in [0.4, 0.5) is 18.9 Å². The largest absolute Gasteiger partial charge is 0.573 e. The van der Waals surface area contributed by atoms with Crippen molar-refractivity contribution in [2.24, 2.45) is 0 Å². The Labute approximate surface area is 238 Å². The molecule has 0 aromatic heterocycles. The molecule has 5 rings (SSSR count). The van der Waals surface area contributed by atoms with E-state index in [2.05, 4.69) is 15.4 Å². The van der Waals surface area contributed by atoms with Gasteiger partial charge in [0.25, 0.3) is 5.91 Å². The van der Waals surface area contributed by atoms with Crippen molar-refractivity contribution in [1.82, 2.24) is 10.6 Å². The van der Waals surface area contributed by atoms with E-state index in [1.54, 1.807) is 48.5 Å². The number of methoxy groups -OCH3 is 1. The fourth-order valence-corrected chi connectivity index (χ4v) is 4.75. The van der Waals surface area contributed by atoms with Crippen LogP contribution in [0, 0.1) is 0 Å². The Morgan fingerprint density at radius 2 is 1.60 bits per heavy atom. The lowest BCUT2D eigenvalue weighted by atomic mass is 10.0. The number of alkyl halides is 3. The minimum absolute atomic E-state index is 0.0822. The smallest absolute Gasteiger partial charge is 0.497 e. The van der Waals surface area contributed by atoms with Gasteiger partial charge in [-0.1, -0.05) is 24.3 Å². The average Bonchev–Trinajstić information content (AvgIpc) is 3.76. The molecule has 1 aliphatic carbocycles. The van der Waals surface area contributed by atoms with Gasteiger partial charge in [-0.05, 0) is 66.9 Å². The molecule has 9 nitrogen and oxygen atoms in total. The van der Waals surface area contributed by atoms with Gasteiger partial charge in [0.15, 0.2) is 5.78 Å². The SMILES string of the molecule is COc1ccc(C(=O)NC2(C(=O)N[C@@H]3CC(=O)c4ccccc4N(Cc4ccc(OC(F)(F)F)cc4)C3=O)CC2)cc1. The predicted octanol–water partition coefficient (Wildman–Crippen LogP) is 4.16. The molecular weight excluding hydrogens is 555 g/mol. The van der Waals surface area contributed by atoms with E-state index >= 15 is 0 Å². The van der Waals surface area contributed by atoms with Crippen LogP contribution in [0.5, 0.6) is 11.5 Å². The monoisotopic (exact) mass is 581 g/mol. The number of hydrogen-bond acceptors (Lipinski definition) is 6. The summed E-state index contributed by atoms with van der Waals surface area (Å²) in [4.78, 5) is 54.5. The van der Waals surface area contributed by atoms with Crippen molar-refractivity contribution >= 4 is 29.2 Å². The maximum atomic E-state index is 13.8. The van der Waals surface area contributed by atoms with Crippen molar-refractivity contribution in [3.8, 4) is 11.5 Å².